The molecule has 0 rings (SSSR count). The standard InChI is InChI=1S/C57H98O6/c1-4-7-10-13-16-19-22-24-26-27-28-29-31-32-35-38-41-44-47-50-56(59)62-53-54(52-61-55(58)49-46-43-40-37-34-21-18-15-12-9-6-3)63-57(60)51-48-45-42-39-36-33-30-25-23-20-17-14-11-8-5-2/h7,9-10,12,16,18-19,21,24,26,37,40,54H,4-6,8,11,13-15,17,20,22-23,25,27-36,38-39,41-53H2,1-3H3/b10-7-,12-9-,19-16-,21-18-,26-24-,40-37-. The number of ether oxygens (including phenoxy) is 3. The van der Waals surface area contributed by atoms with Gasteiger partial charge in [0.05, 0.1) is 0 Å². The van der Waals surface area contributed by atoms with E-state index in [2.05, 4.69) is 93.7 Å². The molecule has 6 nitrogen and oxygen atoms in total. The van der Waals surface area contributed by atoms with Gasteiger partial charge in [-0.3, -0.25) is 14.4 Å². The van der Waals surface area contributed by atoms with Crippen LogP contribution in [0.2, 0.25) is 0 Å². The molecule has 63 heavy (non-hydrogen) atoms. The summed E-state index contributed by atoms with van der Waals surface area (Å²) in [5.74, 6) is -0.949. The van der Waals surface area contributed by atoms with E-state index in [1.165, 1.54) is 122 Å². The fourth-order valence-corrected chi connectivity index (χ4v) is 7.30. The van der Waals surface area contributed by atoms with Crippen LogP contribution >= 0.6 is 0 Å². The number of rotatable bonds is 47. The second kappa shape index (κ2) is 51.5. The van der Waals surface area contributed by atoms with Crippen LogP contribution in [0.4, 0.5) is 0 Å². The molecule has 362 valence electrons. The smallest absolute Gasteiger partial charge is 0.306 e. The highest BCUT2D eigenvalue weighted by atomic mass is 16.6. The first-order valence-corrected chi connectivity index (χ1v) is 26.4. The van der Waals surface area contributed by atoms with Crippen molar-refractivity contribution in [2.24, 2.45) is 0 Å². The van der Waals surface area contributed by atoms with Gasteiger partial charge in [0.15, 0.2) is 6.10 Å². The highest BCUT2D eigenvalue weighted by molar-refractivity contribution is 5.71. The molecule has 0 aromatic heterocycles. The van der Waals surface area contributed by atoms with Crippen LogP contribution in [0, 0.1) is 0 Å². The maximum absolute atomic E-state index is 12.8. The van der Waals surface area contributed by atoms with Crippen LogP contribution in [-0.4, -0.2) is 37.2 Å². The number of carbonyl (C=O) groups is 3. The first-order valence-electron chi connectivity index (χ1n) is 26.4. The van der Waals surface area contributed by atoms with Crippen molar-refractivity contribution >= 4 is 17.9 Å². The van der Waals surface area contributed by atoms with Gasteiger partial charge < -0.3 is 14.2 Å². The molecule has 6 heteroatoms. The molecule has 0 radical (unpaired) electrons. The van der Waals surface area contributed by atoms with Crippen molar-refractivity contribution in [1.82, 2.24) is 0 Å². The van der Waals surface area contributed by atoms with Crippen LogP contribution in [0.5, 0.6) is 0 Å². The summed E-state index contributed by atoms with van der Waals surface area (Å²) in [5.41, 5.74) is 0. The molecule has 0 saturated heterocycles. The molecule has 0 bridgehead atoms. The van der Waals surface area contributed by atoms with E-state index in [9.17, 15) is 14.4 Å². The summed E-state index contributed by atoms with van der Waals surface area (Å²) in [6.45, 7) is 6.37. The predicted molar refractivity (Wildman–Crippen MR) is 270 cm³/mol. The zero-order chi connectivity index (χ0) is 45.8. The first-order chi connectivity index (χ1) is 31.0. The van der Waals surface area contributed by atoms with Crippen molar-refractivity contribution < 1.29 is 28.6 Å². The van der Waals surface area contributed by atoms with Crippen molar-refractivity contribution in [3.8, 4) is 0 Å². The molecule has 0 aliphatic heterocycles. The second-order valence-corrected chi connectivity index (χ2v) is 17.4. The van der Waals surface area contributed by atoms with Gasteiger partial charge in [-0.25, -0.2) is 0 Å². The third kappa shape index (κ3) is 49.7. The summed E-state index contributed by atoms with van der Waals surface area (Å²) in [5, 5.41) is 0. The zero-order valence-corrected chi connectivity index (χ0v) is 41.3. The quantitative estimate of drug-likeness (QED) is 0.0262. The van der Waals surface area contributed by atoms with E-state index >= 15 is 0 Å². The molecule has 0 fully saturated rings. The molecule has 0 aromatic rings. The Balaban J connectivity index is 4.37. The molecule has 0 spiro atoms. The van der Waals surface area contributed by atoms with Crippen LogP contribution in [0.1, 0.15) is 252 Å². The van der Waals surface area contributed by atoms with Crippen molar-refractivity contribution in [1.29, 1.82) is 0 Å². The summed E-state index contributed by atoms with van der Waals surface area (Å²) in [4.78, 5) is 38.0. The van der Waals surface area contributed by atoms with Gasteiger partial charge in [0.25, 0.3) is 0 Å². The highest BCUT2D eigenvalue weighted by Gasteiger charge is 2.19. The van der Waals surface area contributed by atoms with Crippen LogP contribution in [0.25, 0.3) is 0 Å². The third-order valence-corrected chi connectivity index (χ3v) is 11.2. The Morgan fingerprint density at radius 1 is 0.333 bits per heavy atom. The topological polar surface area (TPSA) is 78.9 Å². The van der Waals surface area contributed by atoms with Gasteiger partial charge in [-0.2, -0.15) is 0 Å². The summed E-state index contributed by atoms with van der Waals surface area (Å²) in [6, 6.07) is 0. The molecular formula is C57H98O6. The highest BCUT2D eigenvalue weighted by Crippen LogP contribution is 2.15. The van der Waals surface area contributed by atoms with E-state index in [4.69, 9.17) is 14.2 Å². The average molecular weight is 879 g/mol. The molecule has 0 aliphatic rings. The van der Waals surface area contributed by atoms with Crippen molar-refractivity contribution in [3.63, 3.8) is 0 Å². The van der Waals surface area contributed by atoms with Crippen molar-refractivity contribution in [3.05, 3.63) is 72.9 Å². The molecule has 0 aromatic carbocycles. The summed E-state index contributed by atoms with van der Waals surface area (Å²) in [7, 11) is 0. The lowest BCUT2D eigenvalue weighted by Crippen LogP contribution is -2.30. The molecule has 0 N–H and O–H groups in total. The largest absolute Gasteiger partial charge is 0.462 e. The number of hydrogen-bond acceptors (Lipinski definition) is 6. The van der Waals surface area contributed by atoms with E-state index in [1.807, 2.05) is 0 Å². The Labute approximate surface area is 389 Å². The maximum atomic E-state index is 12.8. The molecule has 0 amide bonds. The molecule has 1 unspecified atom stereocenters. The number of allylic oxidation sites excluding steroid dienone is 12. The maximum Gasteiger partial charge on any atom is 0.306 e. The van der Waals surface area contributed by atoms with E-state index in [1.54, 1.807) is 0 Å². The molecule has 1 atom stereocenters. The second-order valence-electron chi connectivity index (χ2n) is 17.4. The number of unbranched alkanes of at least 4 members (excludes halogenated alkanes) is 24. The third-order valence-electron chi connectivity index (χ3n) is 11.2. The summed E-state index contributed by atoms with van der Waals surface area (Å²) < 4.78 is 16.8. The summed E-state index contributed by atoms with van der Waals surface area (Å²) >= 11 is 0. The molecular weight excluding hydrogens is 781 g/mol. The van der Waals surface area contributed by atoms with Gasteiger partial charge in [-0.15, -0.1) is 0 Å². The monoisotopic (exact) mass is 879 g/mol. The first kappa shape index (κ1) is 59.9. The van der Waals surface area contributed by atoms with E-state index in [-0.39, 0.29) is 37.5 Å². The van der Waals surface area contributed by atoms with Crippen molar-refractivity contribution in [2.75, 3.05) is 13.2 Å². The zero-order valence-electron chi connectivity index (χ0n) is 41.3. The lowest BCUT2D eigenvalue weighted by Gasteiger charge is -2.18. The molecule has 0 heterocycles. The minimum Gasteiger partial charge on any atom is -0.462 e. The minimum absolute atomic E-state index is 0.0923. The van der Waals surface area contributed by atoms with Crippen LogP contribution in [0.15, 0.2) is 72.9 Å². The number of hydrogen-bond donors (Lipinski definition) is 0. The van der Waals surface area contributed by atoms with Gasteiger partial charge in [0, 0.05) is 19.3 Å². The van der Waals surface area contributed by atoms with E-state index in [0.29, 0.717) is 19.3 Å². The van der Waals surface area contributed by atoms with Gasteiger partial charge in [-0.05, 0) is 77.0 Å². The predicted octanol–water partition coefficient (Wildman–Crippen LogP) is 17.4. The van der Waals surface area contributed by atoms with Crippen LogP contribution < -0.4 is 0 Å². The number of esters is 3. The normalized spacial score (nSPS) is 12.6. The van der Waals surface area contributed by atoms with Gasteiger partial charge in [0.2, 0.25) is 0 Å². The SMILES string of the molecule is CC/C=C\C/C=C\C/C=C\CCCCCCCCCCCC(=O)OCC(COC(=O)CCC/C=C\C/C=C\C/C=C\CC)OC(=O)CCCCCCCCCCCCCCCCC. The van der Waals surface area contributed by atoms with Gasteiger partial charge in [0.1, 0.15) is 13.2 Å². The fraction of sp³-hybridized carbons (Fsp3) is 0.737. The van der Waals surface area contributed by atoms with Gasteiger partial charge in [-0.1, -0.05) is 229 Å². The Bertz CT molecular complexity index is 1190. The van der Waals surface area contributed by atoms with Crippen molar-refractivity contribution in [2.45, 2.75) is 258 Å². The van der Waals surface area contributed by atoms with Gasteiger partial charge >= 0.3 is 17.9 Å². The number of carbonyl (C=O) groups excluding carboxylic acids is 3. The van der Waals surface area contributed by atoms with E-state index in [0.717, 1.165) is 83.5 Å². The lowest BCUT2D eigenvalue weighted by molar-refractivity contribution is -0.167. The molecule has 0 aliphatic carbocycles. The Kier molecular flexibility index (Phi) is 48.9. The lowest BCUT2D eigenvalue weighted by atomic mass is 10.0. The van der Waals surface area contributed by atoms with E-state index < -0.39 is 6.10 Å². The summed E-state index contributed by atoms with van der Waals surface area (Å²) in [6.07, 6.45) is 64.7. The fourth-order valence-electron chi connectivity index (χ4n) is 7.30. The Morgan fingerprint density at radius 3 is 1.03 bits per heavy atom. The van der Waals surface area contributed by atoms with Crippen LogP contribution in [0.3, 0.4) is 0 Å². The van der Waals surface area contributed by atoms with Crippen LogP contribution in [-0.2, 0) is 28.6 Å². The molecule has 0 saturated carbocycles. The Morgan fingerprint density at radius 2 is 0.635 bits per heavy atom. The average Bonchev–Trinajstić information content (AvgIpc) is 3.28. The Hall–Kier alpha value is -3.15. The minimum atomic E-state index is -0.795.